The van der Waals surface area contributed by atoms with E-state index in [9.17, 15) is 5.11 Å². The monoisotopic (exact) mass is 251 g/mol. The molecule has 1 aromatic rings. The minimum atomic E-state index is -0.167. The molecule has 2 N–H and O–H groups in total. The zero-order valence-electron chi connectivity index (χ0n) is 11.7. The molecule has 0 amide bonds. The van der Waals surface area contributed by atoms with Crippen LogP contribution >= 0.6 is 0 Å². The van der Waals surface area contributed by atoms with E-state index in [1.807, 2.05) is 12.4 Å². The second-order valence-corrected chi connectivity index (χ2v) is 6.02. The molecule has 0 radical (unpaired) electrons. The van der Waals surface area contributed by atoms with E-state index in [0.29, 0.717) is 12.0 Å². The highest BCUT2D eigenvalue weighted by Gasteiger charge is 2.31. The number of hydrogen-bond donors (Lipinski definition) is 2. The van der Waals surface area contributed by atoms with Crippen LogP contribution in [0.1, 0.15) is 51.8 Å². The molecule has 4 nitrogen and oxygen atoms in total. The number of hydrogen-bond acceptors (Lipinski definition) is 3. The Morgan fingerprint density at radius 1 is 1.56 bits per heavy atom. The Balaban J connectivity index is 1.94. The number of aliphatic hydroxyl groups is 1. The molecular weight excluding hydrogens is 226 g/mol. The molecule has 1 saturated carbocycles. The average Bonchev–Trinajstić information content (AvgIpc) is 3.00. The van der Waals surface area contributed by atoms with Crippen molar-refractivity contribution in [3.8, 4) is 0 Å². The van der Waals surface area contributed by atoms with Crippen LogP contribution in [0.15, 0.2) is 12.4 Å². The highest BCUT2D eigenvalue weighted by Crippen LogP contribution is 2.24. The normalized spacial score (nSPS) is 19.2. The standard InChI is InChI=1S/C14H25N3O/c1-11(2)13-15-7-9-17(13)8-6-14(3,10-18)16-12-4-5-12/h7,9,11-12,16,18H,4-6,8,10H2,1-3H3. The SMILES string of the molecule is CC(C)c1nccn1CCC(C)(CO)NC1CC1. The second-order valence-electron chi connectivity index (χ2n) is 6.02. The first-order valence-corrected chi connectivity index (χ1v) is 6.94. The van der Waals surface area contributed by atoms with Crippen LogP contribution < -0.4 is 5.32 Å². The van der Waals surface area contributed by atoms with Gasteiger partial charge in [-0.1, -0.05) is 13.8 Å². The minimum absolute atomic E-state index is 0.167. The third-order valence-corrected chi connectivity index (χ3v) is 3.65. The second kappa shape index (κ2) is 5.41. The number of aryl methyl sites for hydroxylation is 1. The van der Waals surface area contributed by atoms with Gasteiger partial charge in [-0.05, 0) is 26.2 Å². The van der Waals surface area contributed by atoms with Gasteiger partial charge in [0.05, 0.1) is 6.61 Å². The van der Waals surface area contributed by atoms with Crippen molar-refractivity contribution in [3.05, 3.63) is 18.2 Å². The predicted molar refractivity (Wildman–Crippen MR) is 72.6 cm³/mol. The summed E-state index contributed by atoms with van der Waals surface area (Å²) in [5, 5.41) is 13.1. The average molecular weight is 251 g/mol. The fourth-order valence-corrected chi connectivity index (χ4v) is 2.30. The van der Waals surface area contributed by atoms with Gasteiger partial charge in [0.1, 0.15) is 5.82 Å². The van der Waals surface area contributed by atoms with Crippen LogP contribution in [0.2, 0.25) is 0 Å². The lowest BCUT2D eigenvalue weighted by atomic mass is 9.98. The highest BCUT2D eigenvalue weighted by atomic mass is 16.3. The third-order valence-electron chi connectivity index (χ3n) is 3.65. The van der Waals surface area contributed by atoms with Crippen molar-refractivity contribution >= 4 is 0 Å². The van der Waals surface area contributed by atoms with Gasteiger partial charge in [-0.15, -0.1) is 0 Å². The van der Waals surface area contributed by atoms with E-state index in [2.05, 4.69) is 35.6 Å². The molecule has 0 aliphatic heterocycles. The largest absolute Gasteiger partial charge is 0.394 e. The number of aromatic nitrogens is 2. The summed E-state index contributed by atoms with van der Waals surface area (Å²) in [6.45, 7) is 7.52. The van der Waals surface area contributed by atoms with Gasteiger partial charge in [-0.2, -0.15) is 0 Å². The topological polar surface area (TPSA) is 50.1 Å². The summed E-state index contributed by atoms with van der Waals surface area (Å²) in [7, 11) is 0. The summed E-state index contributed by atoms with van der Waals surface area (Å²) in [5.41, 5.74) is -0.167. The Kier molecular flexibility index (Phi) is 4.07. The highest BCUT2D eigenvalue weighted by molar-refractivity contribution is 4.99. The van der Waals surface area contributed by atoms with Gasteiger partial charge in [-0.3, -0.25) is 0 Å². The first kappa shape index (κ1) is 13.6. The van der Waals surface area contributed by atoms with Crippen LogP contribution in [-0.4, -0.2) is 32.8 Å². The number of nitrogens with one attached hydrogen (secondary N) is 1. The van der Waals surface area contributed by atoms with Crippen LogP contribution in [0.25, 0.3) is 0 Å². The Morgan fingerprint density at radius 2 is 2.28 bits per heavy atom. The molecule has 1 atom stereocenters. The van der Waals surface area contributed by atoms with Crippen molar-refractivity contribution in [1.82, 2.24) is 14.9 Å². The van der Waals surface area contributed by atoms with E-state index >= 15 is 0 Å². The Hall–Kier alpha value is -0.870. The molecule has 0 saturated heterocycles. The number of aliphatic hydroxyl groups excluding tert-OH is 1. The van der Waals surface area contributed by atoms with Gasteiger partial charge in [0.15, 0.2) is 0 Å². The predicted octanol–water partition coefficient (Wildman–Crippen LogP) is 1.90. The molecule has 4 heteroatoms. The molecular formula is C14H25N3O. The van der Waals surface area contributed by atoms with Crippen molar-refractivity contribution in [2.24, 2.45) is 0 Å². The maximum Gasteiger partial charge on any atom is 0.111 e. The van der Waals surface area contributed by atoms with Crippen LogP contribution in [0.3, 0.4) is 0 Å². The molecule has 2 rings (SSSR count). The number of rotatable bonds is 7. The van der Waals surface area contributed by atoms with Crippen LogP contribution in [0.4, 0.5) is 0 Å². The Bertz CT molecular complexity index is 384. The first-order chi connectivity index (χ1) is 8.54. The lowest BCUT2D eigenvalue weighted by molar-refractivity contribution is 0.158. The van der Waals surface area contributed by atoms with E-state index in [-0.39, 0.29) is 12.1 Å². The maximum absolute atomic E-state index is 9.58. The smallest absolute Gasteiger partial charge is 0.111 e. The van der Waals surface area contributed by atoms with Crippen LogP contribution in [0, 0.1) is 0 Å². The van der Waals surface area contributed by atoms with Crippen molar-refractivity contribution < 1.29 is 5.11 Å². The molecule has 0 spiro atoms. The Labute approximate surface area is 109 Å². The van der Waals surface area contributed by atoms with Crippen molar-refractivity contribution in [2.45, 2.75) is 64.1 Å². The molecule has 18 heavy (non-hydrogen) atoms. The van der Waals surface area contributed by atoms with Crippen molar-refractivity contribution in [2.75, 3.05) is 6.61 Å². The molecule has 1 aromatic heterocycles. The summed E-state index contributed by atoms with van der Waals surface area (Å²) in [6.07, 6.45) is 7.32. The molecule has 0 aromatic carbocycles. The fraction of sp³-hybridized carbons (Fsp3) is 0.786. The fourth-order valence-electron chi connectivity index (χ4n) is 2.30. The molecule has 1 aliphatic carbocycles. The van der Waals surface area contributed by atoms with Gasteiger partial charge in [0.25, 0.3) is 0 Å². The van der Waals surface area contributed by atoms with Gasteiger partial charge in [0, 0.05) is 36.4 Å². The van der Waals surface area contributed by atoms with E-state index in [1.54, 1.807) is 0 Å². The summed E-state index contributed by atoms with van der Waals surface area (Å²) < 4.78 is 2.20. The zero-order chi connectivity index (χ0) is 13.2. The lowest BCUT2D eigenvalue weighted by Gasteiger charge is -2.29. The summed E-state index contributed by atoms with van der Waals surface area (Å²) in [5.74, 6) is 1.57. The molecule has 1 unspecified atom stereocenters. The molecule has 1 heterocycles. The quantitative estimate of drug-likeness (QED) is 0.778. The van der Waals surface area contributed by atoms with E-state index in [0.717, 1.165) is 18.8 Å². The molecule has 102 valence electrons. The maximum atomic E-state index is 9.58. The zero-order valence-corrected chi connectivity index (χ0v) is 11.7. The summed E-state index contributed by atoms with van der Waals surface area (Å²) >= 11 is 0. The van der Waals surface area contributed by atoms with Crippen LogP contribution in [0.5, 0.6) is 0 Å². The van der Waals surface area contributed by atoms with Crippen molar-refractivity contribution in [1.29, 1.82) is 0 Å². The van der Waals surface area contributed by atoms with Gasteiger partial charge < -0.3 is 15.0 Å². The summed E-state index contributed by atoms with van der Waals surface area (Å²) in [4.78, 5) is 4.40. The van der Waals surface area contributed by atoms with E-state index in [4.69, 9.17) is 0 Å². The Morgan fingerprint density at radius 3 is 2.83 bits per heavy atom. The number of nitrogens with zero attached hydrogens (tertiary/aromatic N) is 2. The van der Waals surface area contributed by atoms with Crippen molar-refractivity contribution in [3.63, 3.8) is 0 Å². The van der Waals surface area contributed by atoms with E-state index < -0.39 is 0 Å². The van der Waals surface area contributed by atoms with Gasteiger partial charge >= 0.3 is 0 Å². The first-order valence-electron chi connectivity index (χ1n) is 6.94. The van der Waals surface area contributed by atoms with Crippen LogP contribution in [-0.2, 0) is 6.54 Å². The summed E-state index contributed by atoms with van der Waals surface area (Å²) in [6, 6.07) is 0.620. The molecule has 0 bridgehead atoms. The van der Waals surface area contributed by atoms with Gasteiger partial charge in [-0.25, -0.2) is 4.98 Å². The number of imidazole rings is 1. The third kappa shape index (κ3) is 3.33. The molecule has 1 aliphatic rings. The molecule has 1 fully saturated rings. The minimum Gasteiger partial charge on any atom is -0.394 e. The van der Waals surface area contributed by atoms with Gasteiger partial charge in [0.2, 0.25) is 0 Å². The lowest BCUT2D eigenvalue weighted by Crippen LogP contribution is -2.47. The van der Waals surface area contributed by atoms with E-state index in [1.165, 1.54) is 12.8 Å².